The zero-order valence-electron chi connectivity index (χ0n) is 16.6. The molecule has 1 aromatic carbocycles. The number of carbonyl (C=O) groups is 1. The lowest BCUT2D eigenvalue weighted by atomic mass is 10.1. The molecule has 0 aliphatic carbocycles. The monoisotopic (exact) mass is 430 g/mol. The second-order valence-corrected chi connectivity index (χ2v) is 9.28. The van der Waals surface area contributed by atoms with Gasteiger partial charge in [-0.2, -0.15) is 5.26 Å². The van der Waals surface area contributed by atoms with E-state index in [1.54, 1.807) is 13.2 Å². The van der Waals surface area contributed by atoms with Gasteiger partial charge in [-0.1, -0.05) is 17.4 Å². The third kappa shape index (κ3) is 4.48. The van der Waals surface area contributed by atoms with E-state index in [-0.39, 0.29) is 5.91 Å². The van der Waals surface area contributed by atoms with Crippen LogP contribution in [0.2, 0.25) is 0 Å². The Bertz CT molecular complexity index is 1110. The fourth-order valence-electron chi connectivity index (χ4n) is 2.83. The van der Waals surface area contributed by atoms with Gasteiger partial charge in [-0.25, -0.2) is 9.19 Å². The fraction of sp³-hybridized carbons (Fsp3) is 0.316. The number of nitrogens with one attached hydrogen (secondary N) is 2. The molecule has 0 saturated carbocycles. The van der Waals surface area contributed by atoms with E-state index in [1.165, 1.54) is 22.4 Å². The van der Waals surface area contributed by atoms with Crippen LogP contribution in [0.1, 0.15) is 17.5 Å². The molecule has 2 aromatic heterocycles. The number of aromatic nitrogens is 2. The van der Waals surface area contributed by atoms with Gasteiger partial charge in [0.25, 0.3) is 0 Å². The Morgan fingerprint density at radius 1 is 1.38 bits per heavy atom. The number of nitriles is 1. The first kappa shape index (κ1) is 21.0. The van der Waals surface area contributed by atoms with Gasteiger partial charge in [0.05, 0.1) is 23.0 Å². The smallest absolute Gasteiger partial charge is 0.229 e. The molecule has 2 heterocycles. The van der Waals surface area contributed by atoms with Gasteiger partial charge in [0.15, 0.2) is 16.1 Å². The Balaban J connectivity index is 1.77. The standard InChI is InChI=1S/C19H22N6O2S2/c1-12-5-6-14(18-17(12)13(9-20)10-21-18)23-29(27)16-11-22-19(28-16)25(4)15(26)7-8-24(2)3/h5-6,10-11,21,23H,7-8H2,1-4H3. The molecule has 1 atom stereocenters. The van der Waals surface area contributed by atoms with E-state index in [2.05, 4.69) is 20.8 Å². The van der Waals surface area contributed by atoms with Crippen molar-refractivity contribution in [2.75, 3.05) is 37.3 Å². The van der Waals surface area contributed by atoms with E-state index < -0.39 is 11.0 Å². The lowest BCUT2D eigenvalue weighted by molar-refractivity contribution is -0.118. The highest BCUT2D eigenvalue weighted by molar-refractivity contribution is 7.88. The quantitative estimate of drug-likeness (QED) is 0.600. The summed E-state index contributed by atoms with van der Waals surface area (Å²) >= 11 is 1.20. The number of anilines is 2. The first-order chi connectivity index (χ1) is 13.8. The van der Waals surface area contributed by atoms with E-state index in [1.807, 2.05) is 38.1 Å². The van der Waals surface area contributed by atoms with Crippen LogP contribution in [0, 0.1) is 18.3 Å². The summed E-state index contributed by atoms with van der Waals surface area (Å²) < 4.78 is 16.3. The van der Waals surface area contributed by atoms with Crippen LogP contribution in [-0.4, -0.2) is 52.7 Å². The molecule has 3 rings (SSSR count). The van der Waals surface area contributed by atoms with Gasteiger partial charge < -0.3 is 9.88 Å². The van der Waals surface area contributed by atoms with Gasteiger partial charge in [0.2, 0.25) is 5.91 Å². The highest BCUT2D eigenvalue weighted by Crippen LogP contribution is 2.31. The van der Waals surface area contributed by atoms with Crippen LogP contribution in [0.4, 0.5) is 10.8 Å². The minimum atomic E-state index is -1.55. The number of aryl methyl sites for hydroxylation is 1. The Kier molecular flexibility index (Phi) is 6.32. The van der Waals surface area contributed by atoms with E-state index in [0.29, 0.717) is 33.6 Å². The number of hydrogen-bond acceptors (Lipinski definition) is 6. The average molecular weight is 431 g/mol. The molecular weight excluding hydrogens is 408 g/mol. The normalized spacial score (nSPS) is 12.1. The topological polar surface area (TPSA) is 105 Å². The second-order valence-electron chi connectivity index (χ2n) is 6.83. The van der Waals surface area contributed by atoms with Crippen molar-refractivity contribution in [2.45, 2.75) is 17.6 Å². The number of thiazole rings is 1. The zero-order valence-corrected chi connectivity index (χ0v) is 18.3. The minimum Gasteiger partial charge on any atom is -0.358 e. The molecule has 0 saturated heterocycles. The van der Waals surface area contributed by atoms with Gasteiger partial charge in [-0.3, -0.25) is 14.4 Å². The molecule has 2 N–H and O–H groups in total. The number of rotatable bonds is 7. The summed E-state index contributed by atoms with van der Waals surface area (Å²) in [5, 5.41) is 10.6. The van der Waals surface area contributed by atoms with E-state index in [0.717, 1.165) is 16.5 Å². The number of nitrogens with zero attached hydrogens (tertiary/aromatic N) is 4. The fourth-order valence-corrected chi connectivity index (χ4v) is 4.73. The predicted octanol–water partition coefficient (Wildman–Crippen LogP) is 2.85. The molecule has 0 aliphatic rings. The van der Waals surface area contributed by atoms with Crippen molar-refractivity contribution in [2.24, 2.45) is 0 Å². The maximum absolute atomic E-state index is 12.8. The highest BCUT2D eigenvalue weighted by Gasteiger charge is 2.18. The van der Waals surface area contributed by atoms with Gasteiger partial charge in [-0.05, 0) is 32.6 Å². The minimum absolute atomic E-state index is 0.0472. The van der Waals surface area contributed by atoms with Crippen LogP contribution in [0.25, 0.3) is 10.9 Å². The van der Waals surface area contributed by atoms with Crippen LogP contribution in [0.15, 0.2) is 28.7 Å². The second kappa shape index (κ2) is 8.73. The Morgan fingerprint density at radius 2 is 2.14 bits per heavy atom. The molecule has 0 aliphatic heterocycles. The average Bonchev–Trinajstić information content (AvgIpc) is 3.35. The maximum atomic E-state index is 12.8. The van der Waals surface area contributed by atoms with Crippen LogP contribution in [0.5, 0.6) is 0 Å². The number of carbonyl (C=O) groups excluding carboxylic acids is 1. The van der Waals surface area contributed by atoms with Gasteiger partial charge >= 0.3 is 0 Å². The molecule has 8 nitrogen and oxygen atoms in total. The van der Waals surface area contributed by atoms with Crippen molar-refractivity contribution in [3.8, 4) is 6.07 Å². The van der Waals surface area contributed by atoms with Gasteiger partial charge in [-0.15, -0.1) is 0 Å². The van der Waals surface area contributed by atoms with Crippen LogP contribution >= 0.6 is 11.3 Å². The molecular formula is C19H22N6O2S2. The third-order valence-electron chi connectivity index (χ3n) is 4.46. The Labute approximate surface area is 175 Å². The lowest BCUT2D eigenvalue weighted by Crippen LogP contribution is -2.29. The summed E-state index contributed by atoms with van der Waals surface area (Å²) in [6.07, 6.45) is 3.54. The van der Waals surface area contributed by atoms with Gasteiger partial charge in [0.1, 0.15) is 10.3 Å². The summed E-state index contributed by atoms with van der Waals surface area (Å²) in [4.78, 5) is 23.0. The third-order valence-corrected chi connectivity index (χ3v) is 6.90. The van der Waals surface area contributed by atoms with Crippen LogP contribution in [0.3, 0.4) is 0 Å². The van der Waals surface area contributed by atoms with Crippen molar-refractivity contribution < 1.29 is 9.00 Å². The van der Waals surface area contributed by atoms with Crippen molar-refractivity contribution in [1.29, 1.82) is 5.26 Å². The molecule has 10 heteroatoms. The summed E-state index contributed by atoms with van der Waals surface area (Å²) in [7, 11) is 3.94. The van der Waals surface area contributed by atoms with Gasteiger partial charge in [0, 0.05) is 31.6 Å². The number of fused-ring (bicyclic) bond motifs is 1. The molecule has 0 bridgehead atoms. The predicted molar refractivity (Wildman–Crippen MR) is 116 cm³/mol. The number of benzene rings is 1. The zero-order chi connectivity index (χ0) is 21.1. The van der Waals surface area contributed by atoms with Crippen molar-refractivity contribution in [1.82, 2.24) is 14.9 Å². The molecule has 0 radical (unpaired) electrons. The number of H-pyrrole nitrogens is 1. The van der Waals surface area contributed by atoms with E-state index in [9.17, 15) is 14.3 Å². The number of amides is 1. The number of hydrogen-bond donors (Lipinski definition) is 2. The summed E-state index contributed by atoms with van der Waals surface area (Å²) in [5.41, 5.74) is 2.88. The first-order valence-electron chi connectivity index (χ1n) is 8.88. The van der Waals surface area contributed by atoms with Crippen molar-refractivity contribution in [3.05, 3.63) is 35.7 Å². The molecule has 152 valence electrons. The summed E-state index contributed by atoms with van der Waals surface area (Å²) in [6, 6.07) is 5.87. The molecule has 3 aromatic rings. The lowest BCUT2D eigenvalue weighted by Gasteiger charge is -2.15. The molecule has 0 spiro atoms. The van der Waals surface area contributed by atoms with Crippen molar-refractivity contribution >= 4 is 50.0 Å². The van der Waals surface area contributed by atoms with Crippen LogP contribution < -0.4 is 9.62 Å². The maximum Gasteiger partial charge on any atom is 0.229 e. The number of aromatic amines is 1. The summed E-state index contributed by atoms with van der Waals surface area (Å²) in [6.45, 7) is 2.58. The van der Waals surface area contributed by atoms with E-state index >= 15 is 0 Å². The highest BCUT2D eigenvalue weighted by atomic mass is 32.2. The van der Waals surface area contributed by atoms with E-state index in [4.69, 9.17) is 0 Å². The SMILES string of the molecule is Cc1ccc(NS(=O)c2cnc(N(C)C(=O)CCN(C)C)s2)c2[nH]cc(C#N)c12. The molecule has 0 fully saturated rings. The van der Waals surface area contributed by atoms with Crippen molar-refractivity contribution in [3.63, 3.8) is 0 Å². The molecule has 29 heavy (non-hydrogen) atoms. The Hall–Kier alpha value is -2.74. The largest absolute Gasteiger partial charge is 0.358 e. The molecule has 1 unspecified atom stereocenters. The Morgan fingerprint density at radius 3 is 2.83 bits per heavy atom. The molecule has 1 amide bonds. The first-order valence-corrected chi connectivity index (χ1v) is 10.8. The van der Waals surface area contributed by atoms with Crippen LogP contribution in [-0.2, 0) is 15.8 Å². The summed E-state index contributed by atoms with van der Waals surface area (Å²) in [5.74, 6) is -0.0472.